The molecular weight excluding hydrogens is 348 g/mol. The number of rotatable bonds is 4. The lowest BCUT2D eigenvalue weighted by Crippen LogP contribution is -2.49. The van der Waals surface area contributed by atoms with Crippen LogP contribution in [0.25, 0.3) is 0 Å². The molecule has 0 spiro atoms. The first-order valence-corrected chi connectivity index (χ1v) is 9.57. The molecule has 0 atom stereocenters. The zero-order valence-corrected chi connectivity index (χ0v) is 15.7. The van der Waals surface area contributed by atoms with Crippen molar-refractivity contribution in [2.24, 2.45) is 0 Å². The summed E-state index contributed by atoms with van der Waals surface area (Å²) >= 11 is 0. The third-order valence-electron chi connectivity index (χ3n) is 5.23. The smallest absolute Gasteiger partial charge is 0.255 e. The maximum absolute atomic E-state index is 12.8. The molecule has 2 heterocycles. The largest absolute Gasteiger partial charge is 0.384 e. The van der Waals surface area contributed by atoms with Crippen LogP contribution in [0.1, 0.15) is 27.5 Å². The van der Waals surface area contributed by atoms with E-state index in [-0.39, 0.29) is 11.9 Å². The molecule has 5 heteroatoms. The molecule has 0 aliphatic carbocycles. The molecule has 1 aliphatic rings. The van der Waals surface area contributed by atoms with Crippen LogP contribution in [0.15, 0.2) is 79.0 Å². The van der Waals surface area contributed by atoms with Gasteiger partial charge in [-0.2, -0.15) is 0 Å². The molecule has 4 rings (SSSR count). The predicted octanol–water partition coefficient (Wildman–Crippen LogP) is 3.21. The number of carbonyl (C=O) groups excluding carboxylic acids is 1. The van der Waals surface area contributed by atoms with Crippen LogP contribution in [-0.2, 0) is 0 Å². The second-order valence-corrected chi connectivity index (χ2v) is 7.02. The summed E-state index contributed by atoms with van der Waals surface area (Å²) in [4.78, 5) is 21.1. The molecule has 1 amide bonds. The summed E-state index contributed by atoms with van der Waals surface area (Å²) in [5.41, 5.74) is 8.76. The van der Waals surface area contributed by atoms with Crippen LogP contribution in [-0.4, -0.2) is 46.9 Å². The van der Waals surface area contributed by atoms with Gasteiger partial charge in [-0.3, -0.25) is 9.69 Å². The first kappa shape index (κ1) is 18.2. The van der Waals surface area contributed by atoms with E-state index < -0.39 is 0 Å². The van der Waals surface area contributed by atoms with Crippen molar-refractivity contribution in [1.29, 1.82) is 0 Å². The van der Waals surface area contributed by atoms with Crippen LogP contribution in [0.4, 0.5) is 5.82 Å². The third-order valence-corrected chi connectivity index (χ3v) is 5.23. The third kappa shape index (κ3) is 3.89. The molecule has 3 aromatic rings. The predicted molar refractivity (Wildman–Crippen MR) is 111 cm³/mol. The molecule has 1 saturated heterocycles. The quantitative estimate of drug-likeness (QED) is 0.764. The van der Waals surface area contributed by atoms with Crippen LogP contribution < -0.4 is 5.73 Å². The van der Waals surface area contributed by atoms with Crippen molar-refractivity contribution in [3.8, 4) is 0 Å². The van der Waals surface area contributed by atoms with Crippen LogP contribution in [0.5, 0.6) is 0 Å². The molecule has 1 fully saturated rings. The van der Waals surface area contributed by atoms with Gasteiger partial charge in [0, 0.05) is 32.4 Å². The maximum atomic E-state index is 12.8. The van der Waals surface area contributed by atoms with Gasteiger partial charge in [0.2, 0.25) is 0 Å². The molecule has 1 aromatic heterocycles. The van der Waals surface area contributed by atoms with Crippen LogP contribution in [0.2, 0.25) is 0 Å². The molecule has 2 N–H and O–H groups in total. The van der Waals surface area contributed by atoms with Crippen molar-refractivity contribution in [2.45, 2.75) is 6.04 Å². The second kappa shape index (κ2) is 8.23. The van der Waals surface area contributed by atoms with Gasteiger partial charge in [-0.15, -0.1) is 0 Å². The lowest BCUT2D eigenvalue weighted by molar-refractivity contribution is 0.0597. The van der Waals surface area contributed by atoms with E-state index in [1.807, 2.05) is 17.0 Å². The van der Waals surface area contributed by atoms with Gasteiger partial charge in [0.1, 0.15) is 5.82 Å². The number of nitrogens with zero attached hydrogens (tertiary/aromatic N) is 3. The minimum absolute atomic E-state index is 0.0168. The number of hydrogen-bond donors (Lipinski definition) is 1. The molecule has 0 radical (unpaired) electrons. The van der Waals surface area contributed by atoms with E-state index in [2.05, 4.69) is 58.4 Å². The minimum Gasteiger partial charge on any atom is -0.384 e. The monoisotopic (exact) mass is 372 g/mol. The van der Waals surface area contributed by atoms with E-state index in [1.165, 1.54) is 11.1 Å². The zero-order chi connectivity index (χ0) is 19.3. The molecule has 1 aliphatic heterocycles. The Kier molecular flexibility index (Phi) is 5.35. The normalized spacial score (nSPS) is 15.0. The average molecular weight is 372 g/mol. The molecule has 0 saturated carbocycles. The lowest BCUT2D eigenvalue weighted by atomic mass is 9.96. The Bertz CT molecular complexity index is 865. The molecule has 0 bridgehead atoms. The number of carbonyl (C=O) groups is 1. The Morgan fingerprint density at radius 1 is 0.821 bits per heavy atom. The van der Waals surface area contributed by atoms with E-state index in [9.17, 15) is 4.79 Å². The summed E-state index contributed by atoms with van der Waals surface area (Å²) in [5, 5.41) is 0. The van der Waals surface area contributed by atoms with E-state index in [4.69, 9.17) is 5.73 Å². The highest BCUT2D eigenvalue weighted by Crippen LogP contribution is 2.29. The van der Waals surface area contributed by atoms with E-state index in [0.29, 0.717) is 24.5 Å². The number of nitrogen functional groups attached to an aromatic ring is 1. The van der Waals surface area contributed by atoms with Gasteiger partial charge in [0.15, 0.2) is 0 Å². The minimum atomic E-state index is 0.0168. The number of aromatic nitrogens is 1. The fourth-order valence-electron chi connectivity index (χ4n) is 3.78. The highest BCUT2D eigenvalue weighted by atomic mass is 16.2. The van der Waals surface area contributed by atoms with Crippen molar-refractivity contribution in [2.75, 3.05) is 31.9 Å². The Morgan fingerprint density at radius 3 is 1.89 bits per heavy atom. The van der Waals surface area contributed by atoms with Gasteiger partial charge in [0.05, 0.1) is 11.6 Å². The molecule has 5 nitrogen and oxygen atoms in total. The number of piperazine rings is 1. The molecule has 0 unspecified atom stereocenters. The van der Waals surface area contributed by atoms with Crippen LogP contribution >= 0.6 is 0 Å². The van der Waals surface area contributed by atoms with E-state index >= 15 is 0 Å². The average Bonchev–Trinajstić information content (AvgIpc) is 2.76. The Morgan fingerprint density at radius 2 is 1.39 bits per heavy atom. The number of pyridine rings is 1. The summed E-state index contributed by atoms with van der Waals surface area (Å²) < 4.78 is 0. The van der Waals surface area contributed by atoms with E-state index in [1.54, 1.807) is 18.3 Å². The summed E-state index contributed by atoms with van der Waals surface area (Å²) in [7, 11) is 0. The van der Waals surface area contributed by atoms with Gasteiger partial charge in [-0.05, 0) is 23.3 Å². The van der Waals surface area contributed by atoms with Crippen molar-refractivity contribution in [3.05, 3.63) is 95.7 Å². The van der Waals surface area contributed by atoms with Gasteiger partial charge in [-0.1, -0.05) is 60.7 Å². The van der Waals surface area contributed by atoms with Crippen LogP contribution in [0.3, 0.4) is 0 Å². The van der Waals surface area contributed by atoms with Crippen LogP contribution in [0, 0.1) is 0 Å². The molecule has 28 heavy (non-hydrogen) atoms. The van der Waals surface area contributed by atoms with Crippen molar-refractivity contribution in [3.63, 3.8) is 0 Å². The van der Waals surface area contributed by atoms with Gasteiger partial charge in [-0.25, -0.2) is 4.98 Å². The highest BCUT2D eigenvalue weighted by Gasteiger charge is 2.28. The van der Waals surface area contributed by atoms with Gasteiger partial charge < -0.3 is 10.6 Å². The fourth-order valence-corrected chi connectivity index (χ4v) is 3.78. The number of anilines is 1. The Hall–Kier alpha value is -3.18. The molecule has 142 valence electrons. The maximum Gasteiger partial charge on any atom is 0.255 e. The van der Waals surface area contributed by atoms with Crippen molar-refractivity contribution >= 4 is 11.7 Å². The first-order chi connectivity index (χ1) is 13.7. The molecular formula is C23H24N4O. The second-order valence-electron chi connectivity index (χ2n) is 7.02. The van der Waals surface area contributed by atoms with Gasteiger partial charge in [0.25, 0.3) is 5.91 Å². The summed E-state index contributed by atoms with van der Waals surface area (Å²) in [6, 6.07) is 24.7. The summed E-state index contributed by atoms with van der Waals surface area (Å²) in [6.07, 6.45) is 1.56. The van der Waals surface area contributed by atoms with E-state index in [0.717, 1.165) is 13.1 Å². The standard InChI is InChI=1S/C23H24N4O/c24-21-12-11-20(17-25-21)23(28)27-15-13-26(14-16-27)22(18-7-3-1-4-8-18)19-9-5-2-6-10-19/h1-12,17,22H,13-16H2,(H2,24,25). The first-order valence-electron chi connectivity index (χ1n) is 9.57. The lowest BCUT2D eigenvalue weighted by Gasteiger charge is -2.39. The number of nitrogens with two attached hydrogens (primary N) is 1. The Balaban J connectivity index is 1.50. The highest BCUT2D eigenvalue weighted by molar-refractivity contribution is 5.94. The van der Waals surface area contributed by atoms with Gasteiger partial charge >= 0.3 is 0 Å². The fraction of sp³-hybridized carbons (Fsp3) is 0.217. The Labute approximate surface area is 165 Å². The number of benzene rings is 2. The van der Waals surface area contributed by atoms with Crippen molar-refractivity contribution in [1.82, 2.24) is 14.8 Å². The van der Waals surface area contributed by atoms with Crippen molar-refractivity contribution < 1.29 is 4.79 Å². The summed E-state index contributed by atoms with van der Waals surface area (Å²) in [5.74, 6) is 0.443. The SMILES string of the molecule is Nc1ccc(C(=O)N2CCN(C(c3ccccc3)c3ccccc3)CC2)cn1. The topological polar surface area (TPSA) is 62.5 Å². The summed E-state index contributed by atoms with van der Waals surface area (Å²) in [6.45, 7) is 3.03. The zero-order valence-electron chi connectivity index (χ0n) is 15.7. The number of amides is 1. The molecule has 2 aromatic carbocycles. The number of hydrogen-bond acceptors (Lipinski definition) is 4.